The van der Waals surface area contributed by atoms with Gasteiger partial charge in [0, 0.05) is 38.4 Å². The highest BCUT2D eigenvalue weighted by Crippen LogP contribution is 2.71. The van der Waals surface area contributed by atoms with Crippen LogP contribution in [-0.2, 0) is 31.0 Å². The molecule has 1 aliphatic heterocycles. The summed E-state index contributed by atoms with van der Waals surface area (Å²) in [7, 11) is -0.445. The van der Waals surface area contributed by atoms with Crippen LogP contribution in [0.3, 0.4) is 0 Å². The SMILES string of the molecule is C.CC1(C)OB(c2ccc3c(c2)C2(c4ccccc4-3)c3ccccc3C3(c4ccccc4)c4ccccc4-c4cccc2c43)OC1(C)C.Clc1ccc(-c2nc(-c3ccccc3)nc(-c3ccccc3)n2)cc1.[BH4-].c1ccc(-c2nc(-c3ccccc3)nc(-c3ccc(-c4ccc5c(c4)C4(c6ccccc6-5)c5ccccc5C5(c6ccccc6)c6ccccc6-c6cccc4c65)cc3)n2)cc1. The highest BCUT2D eigenvalue weighted by Gasteiger charge is 2.63. The van der Waals surface area contributed by atoms with Crippen LogP contribution in [0.25, 0.3) is 124 Å². The van der Waals surface area contributed by atoms with Gasteiger partial charge < -0.3 is 9.31 Å². The zero-order valence-corrected chi connectivity index (χ0v) is 74.9. The van der Waals surface area contributed by atoms with Gasteiger partial charge in [-0.3, -0.25) is 0 Å². The average molecular weight is 1770 g/mol. The molecule has 2 spiro atoms. The van der Waals surface area contributed by atoms with Crippen LogP contribution in [0, 0.1) is 0 Å². The summed E-state index contributed by atoms with van der Waals surface area (Å²) in [6.45, 7) is 8.51. The lowest BCUT2D eigenvalue weighted by Crippen LogP contribution is -2.44. The molecule has 0 N–H and O–H groups in total. The number of rotatable bonds is 10. The Hall–Kier alpha value is -15.7. The van der Waals surface area contributed by atoms with E-state index in [0.29, 0.717) is 40.0 Å². The molecular weight excluding hydrogens is 1670 g/mol. The zero-order valence-electron chi connectivity index (χ0n) is 74.2. The van der Waals surface area contributed by atoms with Gasteiger partial charge in [-0.2, -0.15) is 0 Å². The van der Waals surface area contributed by atoms with Crippen LogP contribution in [0.5, 0.6) is 0 Å². The molecule has 6 aliphatic carbocycles. The fourth-order valence-electron chi connectivity index (χ4n) is 23.1. The van der Waals surface area contributed by atoms with E-state index >= 15 is 0 Å². The van der Waals surface area contributed by atoms with Crippen molar-refractivity contribution in [2.45, 2.75) is 68.0 Å². The number of halogens is 1. The molecule has 0 saturated carbocycles. The van der Waals surface area contributed by atoms with Crippen LogP contribution >= 0.6 is 11.6 Å². The maximum absolute atomic E-state index is 6.64. The summed E-state index contributed by atoms with van der Waals surface area (Å²) >= 11 is 6.00. The van der Waals surface area contributed by atoms with Crippen molar-refractivity contribution in [2.24, 2.45) is 0 Å². The number of aromatic nitrogens is 6. The maximum Gasteiger partial charge on any atom is 0.494 e. The average Bonchev–Trinajstić information content (AvgIpc) is 1.47. The summed E-state index contributed by atoms with van der Waals surface area (Å²) in [5, 5.41) is 0.685. The van der Waals surface area contributed by atoms with Crippen molar-refractivity contribution < 1.29 is 9.31 Å². The monoisotopic (exact) mass is 1770 g/mol. The van der Waals surface area contributed by atoms with E-state index in [1.54, 1.807) is 0 Å². The minimum absolute atomic E-state index is 0. The summed E-state index contributed by atoms with van der Waals surface area (Å²) < 4.78 is 13.3. The molecule has 0 radical (unpaired) electrons. The first-order valence-corrected chi connectivity index (χ1v) is 46.5. The van der Waals surface area contributed by atoms with Gasteiger partial charge >= 0.3 is 7.12 Å². The normalized spacial score (nSPS) is 17.8. The first-order chi connectivity index (χ1) is 65.8. The molecule has 27 rings (SSSR count). The van der Waals surface area contributed by atoms with Crippen molar-refractivity contribution in [3.8, 4) is 124 Å². The first-order valence-electron chi connectivity index (χ1n) is 46.1. The van der Waals surface area contributed by atoms with Gasteiger partial charge in [-0.15, -0.1) is 0 Å². The van der Waals surface area contributed by atoms with Crippen molar-refractivity contribution in [1.82, 2.24) is 29.9 Å². The van der Waals surface area contributed by atoms with Crippen molar-refractivity contribution in [2.75, 3.05) is 0 Å². The Morgan fingerprint density at radius 3 is 0.809 bits per heavy atom. The van der Waals surface area contributed by atoms with Crippen LogP contribution in [0.15, 0.2) is 449 Å². The van der Waals surface area contributed by atoms with Crippen molar-refractivity contribution >= 4 is 32.6 Å². The molecule has 3 heterocycles. The van der Waals surface area contributed by atoms with Crippen LogP contribution in [-0.4, -0.2) is 56.6 Å². The predicted octanol–water partition coefficient (Wildman–Crippen LogP) is 27.3. The van der Waals surface area contributed by atoms with E-state index in [1.807, 2.05) is 146 Å². The van der Waals surface area contributed by atoms with E-state index in [1.165, 1.54) is 139 Å². The first kappa shape index (κ1) is 84.6. The molecule has 1 fully saturated rings. The Kier molecular flexibility index (Phi) is 20.5. The summed E-state index contributed by atoms with van der Waals surface area (Å²) in [4.78, 5) is 28.9. The molecule has 11 heteroatoms. The van der Waals surface area contributed by atoms with Gasteiger partial charge in [0.1, 0.15) is 0 Å². The Labute approximate surface area is 801 Å². The van der Waals surface area contributed by atoms with E-state index < -0.39 is 40.0 Å². The van der Waals surface area contributed by atoms with Gasteiger partial charge in [-0.05, 0) is 208 Å². The lowest BCUT2D eigenvalue weighted by Gasteiger charge is -2.48. The third-order valence-electron chi connectivity index (χ3n) is 29.4. The number of fused-ring (bicyclic) bond motifs is 24. The highest BCUT2D eigenvalue weighted by atomic mass is 35.5. The number of hydrogen-bond acceptors (Lipinski definition) is 8. The molecule has 4 atom stereocenters. The molecule has 0 bridgehead atoms. The fraction of sp³-hybridized carbons (Fsp3) is 0.0880. The molecule has 18 aromatic carbocycles. The van der Waals surface area contributed by atoms with Gasteiger partial charge in [0.05, 0.1) is 32.9 Å². The third kappa shape index (κ3) is 12.6. The van der Waals surface area contributed by atoms with Gasteiger partial charge in [0.25, 0.3) is 0 Å². The molecule has 4 unspecified atom stereocenters. The maximum atomic E-state index is 6.64. The molecule has 136 heavy (non-hydrogen) atoms. The zero-order chi connectivity index (χ0) is 89.7. The Bertz CT molecular complexity index is 7960. The summed E-state index contributed by atoms with van der Waals surface area (Å²) in [6, 6.07) is 162. The number of nitrogens with zero attached hydrogens (tertiary/aromatic N) is 6. The van der Waals surface area contributed by atoms with Crippen LogP contribution in [0.4, 0.5) is 0 Å². The predicted molar refractivity (Wildman–Crippen MR) is 559 cm³/mol. The van der Waals surface area contributed by atoms with Crippen LogP contribution in [0.1, 0.15) is 124 Å². The molecule has 8 nitrogen and oxygen atoms in total. The minimum Gasteiger partial charge on any atom is -0.399 e. The van der Waals surface area contributed by atoms with Crippen molar-refractivity contribution in [3.05, 3.63) is 543 Å². The van der Waals surface area contributed by atoms with Crippen LogP contribution < -0.4 is 5.46 Å². The topological polar surface area (TPSA) is 95.8 Å². The number of benzene rings is 18. The van der Waals surface area contributed by atoms with Gasteiger partial charge in [0.2, 0.25) is 0 Å². The summed E-state index contributed by atoms with van der Waals surface area (Å²) in [5.74, 6) is 3.89. The largest absolute Gasteiger partial charge is 0.494 e. The smallest absolute Gasteiger partial charge is 0.399 e. The van der Waals surface area contributed by atoms with E-state index in [2.05, 4.69) is 346 Å². The molecule has 0 amide bonds. The Morgan fingerprint density at radius 1 is 0.206 bits per heavy atom. The molecule has 2 aromatic heterocycles. The van der Waals surface area contributed by atoms with E-state index in [4.69, 9.17) is 35.9 Å². The van der Waals surface area contributed by atoms with Gasteiger partial charge in [-0.1, -0.05) is 446 Å². The van der Waals surface area contributed by atoms with Crippen molar-refractivity contribution in [1.29, 1.82) is 0 Å². The molecular formula is C125H94B2ClN6O2-. The quantitative estimate of drug-likeness (QED) is 0.125. The lowest BCUT2D eigenvalue weighted by atomic mass is 9.52. The molecule has 650 valence electrons. The summed E-state index contributed by atoms with van der Waals surface area (Å²) in [5.41, 5.74) is 38.1. The summed E-state index contributed by atoms with van der Waals surface area (Å²) in [6.07, 6.45) is 0. The second-order valence-corrected chi connectivity index (χ2v) is 37.2. The highest BCUT2D eigenvalue weighted by molar-refractivity contribution is 6.62. The fourth-order valence-corrected chi connectivity index (χ4v) is 23.2. The minimum atomic E-state index is -0.545. The van der Waals surface area contributed by atoms with E-state index in [-0.39, 0.29) is 15.8 Å². The lowest BCUT2D eigenvalue weighted by molar-refractivity contribution is 0.00578. The Morgan fingerprint density at radius 2 is 0.449 bits per heavy atom. The molecule has 7 aliphatic rings. The number of hydrogen-bond donors (Lipinski definition) is 0. The standard InChI is InChI=1S/C59H37N3.C44H35BO2.C21H14ClN3.CH4.BH4/c1-4-17-39(18-5-1)55-60-56(40-19-6-2-7-20-40)62-57(61-55)41-33-31-38(32-34-41)42-35-36-46-44-23-10-13-27-49(44)59(53(46)37-42)51-29-15-14-28-50(51)58(43-21-8-3-9-22-43)48-26-12-11-24-45(48)47-25-16-30-52(59)54(47)58;1-41(2)42(3,4)47-45(46-41)29-25-26-32-30-17-8-11-21-35(30)44(39(32)27-29)37-23-13-12-22-36(37)43(28-15-6-5-7-16-28)34-20-10-9-18-31(34)33-19-14-24-38(44)40(33)43;22-18-13-11-17(12-14-18)21-24-19(15-7-3-1-4-8-15)23-20(25-21)16-9-5-2-6-10-16;;/h1-37H;5-27H,1-4H3;1-14H;2*1H4/q;;;;-1. The third-order valence-corrected chi connectivity index (χ3v) is 29.7. The molecule has 20 aromatic rings. The van der Waals surface area contributed by atoms with E-state index in [9.17, 15) is 0 Å². The second-order valence-electron chi connectivity index (χ2n) is 36.8. The Balaban J connectivity index is 0.000000124. The second kappa shape index (κ2) is 32.9. The van der Waals surface area contributed by atoms with Gasteiger partial charge in [-0.25, -0.2) is 29.9 Å². The van der Waals surface area contributed by atoms with Crippen LogP contribution in [0.2, 0.25) is 5.02 Å². The van der Waals surface area contributed by atoms with E-state index in [0.717, 1.165) is 44.4 Å². The van der Waals surface area contributed by atoms with Gasteiger partial charge in [0.15, 0.2) is 34.9 Å². The van der Waals surface area contributed by atoms with Crippen molar-refractivity contribution in [3.63, 3.8) is 0 Å². The molecule has 1 saturated heterocycles.